The molecule has 1 saturated heterocycles. The van der Waals surface area contributed by atoms with E-state index < -0.39 is 0 Å². The quantitative estimate of drug-likeness (QED) is 0.303. The maximum absolute atomic E-state index is 13.4. The predicted molar refractivity (Wildman–Crippen MR) is 152 cm³/mol. The molecule has 0 saturated carbocycles. The van der Waals surface area contributed by atoms with Crippen LogP contribution in [0.3, 0.4) is 0 Å². The molecular weight excluding hydrogens is 502 g/mol. The van der Waals surface area contributed by atoms with Gasteiger partial charge >= 0.3 is 0 Å². The van der Waals surface area contributed by atoms with Crippen molar-refractivity contribution in [3.63, 3.8) is 0 Å². The molecule has 0 radical (unpaired) electrons. The van der Waals surface area contributed by atoms with Crippen molar-refractivity contribution in [1.29, 1.82) is 0 Å². The molecule has 0 spiro atoms. The number of nitrogens with zero attached hydrogens (tertiary/aromatic N) is 5. The van der Waals surface area contributed by atoms with E-state index in [0.717, 1.165) is 40.3 Å². The van der Waals surface area contributed by atoms with Crippen LogP contribution in [-0.2, 0) is 17.8 Å². The molecule has 0 aliphatic carbocycles. The van der Waals surface area contributed by atoms with Crippen LogP contribution in [0.5, 0.6) is 0 Å². The number of carbonyl (C=O) groups excluding carboxylic acids is 1. The Bertz CT molecular complexity index is 1320. The number of anilines is 2. The first-order chi connectivity index (χ1) is 18.0. The molecule has 37 heavy (non-hydrogen) atoms. The van der Waals surface area contributed by atoms with Crippen LogP contribution in [0, 0.1) is 6.92 Å². The molecule has 1 fully saturated rings. The van der Waals surface area contributed by atoms with Crippen molar-refractivity contribution >= 4 is 39.9 Å². The van der Waals surface area contributed by atoms with Gasteiger partial charge in [0.1, 0.15) is 5.82 Å². The molecule has 4 aromatic rings. The summed E-state index contributed by atoms with van der Waals surface area (Å²) in [5.41, 5.74) is 4.57. The number of benzene rings is 3. The number of piperazine rings is 1. The highest BCUT2D eigenvalue weighted by molar-refractivity contribution is 7.09. The molecular formula is C29H30ClN5OS. The molecule has 0 unspecified atom stereocenters. The monoisotopic (exact) mass is 531 g/mol. The number of hydrogen-bond acceptors (Lipinski definition) is 6. The van der Waals surface area contributed by atoms with Crippen molar-refractivity contribution < 1.29 is 4.79 Å². The summed E-state index contributed by atoms with van der Waals surface area (Å²) in [4.78, 5) is 24.5. The van der Waals surface area contributed by atoms with Crippen LogP contribution in [0.4, 0.5) is 10.8 Å². The summed E-state index contributed by atoms with van der Waals surface area (Å²) in [6, 6.07) is 26.5. The van der Waals surface area contributed by atoms with Gasteiger partial charge in [-0.05, 0) is 30.2 Å². The van der Waals surface area contributed by atoms with E-state index in [1.165, 1.54) is 22.7 Å². The van der Waals surface area contributed by atoms with Crippen LogP contribution in [0.2, 0.25) is 5.02 Å². The minimum absolute atomic E-state index is 0.102. The van der Waals surface area contributed by atoms with E-state index in [1.54, 1.807) is 0 Å². The Morgan fingerprint density at radius 2 is 1.62 bits per heavy atom. The molecule has 190 valence electrons. The second kappa shape index (κ2) is 11.8. The number of carbonyl (C=O) groups is 1. The van der Waals surface area contributed by atoms with Crippen LogP contribution in [0.25, 0.3) is 0 Å². The molecule has 1 aromatic heterocycles. The Morgan fingerprint density at radius 3 is 2.35 bits per heavy atom. The number of aryl methyl sites for hydroxylation is 1. The van der Waals surface area contributed by atoms with Gasteiger partial charge < -0.3 is 14.7 Å². The summed E-state index contributed by atoms with van der Waals surface area (Å²) in [6.45, 7) is 5.79. The average Bonchev–Trinajstić information content (AvgIpc) is 3.39. The number of hydrogen-bond donors (Lipinski definition) is 0. The van der Waals surface area contributed by atoms with Gasteiger partial charge in [-0.25, -0.2) is 4.98 Å². The van der Waals surface area contributed by atoms with Crippen molar-refractivity contribution in [3.05, 3.63) is 106 Å². The van der Waals surface area contributed by atoms with Crippen LogP contribution >= 0.6 is 23.1 Å². The number of para-hydroxylation sites is 1. The third-order valence-corrected chi connectivity index (χ3v) is 7.71. The first kappa shape index (κ1) is 25.2. The fraction of sp³-hybridized carbons (Fsp3) is 0.276. The average molecular weight is 532 g/mol. The zero-order valence-corrected chi connectivity index (χ0v) is 22.5. The van der Waals surface area contributed by atoms with Gasteiger partial charge in [0, 0.05) is 50.7 Å². The third-order valence-electron chi connectivity index (χ3n) is 6.58. The Labute approximate surface area is 227 Å². The molecule has 0 bridgehead atoms. The molecule has 6 nitrogen and oxygen atoms in total. The van der Waals surface area contributed by atoms with Gasteiger partial charge in [-0.2, -0.15) is 4.37 Å². The molecule has 0 atom stereocenters. The highest BCUT2D eigenvalue weighted by Gasteiger charge is 2.25. The van der Waals surface area contributed by atoms with Gasteiger partial charge in [-0.1, -0.05) is 83.9 Å². The summed E-state index contributed by atoms with van der Waals surface area (Å²) in [5.74, 6) is 0.882. The number of aromatic nitrogens is 2. The number of halogens is 1. The summed E-state index contributed by atoms with van der Waals surface area (Å²) < 4.78 is 4.61. The summed E-state index contributed by atoms with van der Waals surface area (Å²) in [5, 5.41) is 1.52. The zero-order chi connectivity index (χ0) is 25.6. The molecule has 5 rings (SSSR count). The molecule has 1 amide bonds. The molecule has 8 heteroatoms. The third kappa shape index (κ3) is 6.48. The second-order valence-corrected chi connectivity index (χ2v) is 10.5. The summed E-state index contributed by atoms with van der Waals surface area (Å²) in [6.07, 6.45) is 0.675. The van der Waals surface area contributed by atoms with E-state index in [-0.39, 0.29) is 12.5 Å². The fourth-order valence-corrected chi connectivity index (χ4v) is 5.44. The highest BCUT2D eigenvalue weighted by atomic mass is 35.5. The van der Waals surface area contributed by atoms with Crippen LogP contribution in [0.15, 0.2) is 78.9 Å². The van der Waals surface area contributed by atoms with E-state index in [1.807, 2.05) is 47.4 Å². The van der Waals surface area contributed by atoms with Crippen molar-refractivity contribution in [1.82, 2.24) is 14.3 Å². The first-order valence-corrected chi connectivity index (χ1v) is 13.6. The number of amides is 1. The van der Waals surface area contributed by atoms with E-state index in [9.17, 15) is 4.79 Å². The molecule has 1 aliphatic heterocycles. The standard InChI is InChI=1S/C29H30ClN5OS/c1-22-11-13-23(14-12-22)19-27-31-29(37-32-27)35(20-24-7-3-2-4-8-24)21-28(36)34-17-15-33(16-18-34)26-10-6-5-9-25(26)30/h2-14H,15-21H2,1H3. The lowest BCUT2D eigenvalue weighted by Crippen LogP contribution is -2.51. The minimum Gasteiger partial charge on any atom is -0.367 e. The lowest BCUT2D eigenvalue weighted by atomic mass is 10.1. The smallest absolute Gasteiger partial charge is 0.242 e. The largest absolute Gasteiger partial charge is 0.367 e. The molecule has 0 N–H and O–H groups in total. The van der Waals surface area contributed by atoms with Crippen molar-refractivity contribution in [3.8, 4) is 0 Å². The lowest BCUT2D eigenvalue weighted by molar-refractivity contribution is -0.130. The van der Waals surface area contributed by atoms with Gasteiger partial charge in [0.05, 0.1) is 17.3 Å². The molecule has 2 heterocycles. The Morgan fingerprint density at radius 1 is 0.919 bits per heavy atom. The SMILES string of the molecule is Cc1ccc(Cc2nsc(N(CC(=O)N3CCN(c4ccccc4Cl)CC3)Cc3ccccc3)n2)cc1. The van der Waals surface area contributed by atoms with Gasteiger partial charge in [0.2, 0.25) is 11.0 Å². The van der Waals surface area contributed by atoms with Crippen molar-refractivity contribution in [2.45, 2.75) is 19.9 Å². The Balaban J connectivity index is 1.27. The number of rotatable bonds is 8. The van der Waals surface area contributed by atoms with E-state index in [4.69, 9.17) is 16.6 Å². The fourth-order valence-electron chi connectivity index (χ4n) is 4.50. The highest BCUT2D eigenvalue weighted by Crippen LogP contribution is 2.26. The molecule has 1 aliphatic rings. The minimum atomic E-state index is 0.102. The van der Waals surface area contributed by atoms with Gasteiger partial charge in [-0.15, -0.1) is 0 Å². The topological polar surface area (TPSA) is 52.6 Å². The van der Waals surface area contributed by atoms with Crippen molar-refractivity contribution in [2.75, 3.05) is 42.5 Å². The van der Waals surface area contributed by atoms with Crippen molar-refractivity contribution in [2.24, 2.45) is 0 Å². The van der Waals surface area contributed by atoms with E-state index >= 15 is 0 Å². The zero-order valence-electron chi connectivity index (χ0n) is 20.9. The van der Waals surface area contributed by atoms with Crippen LogP contribution in [0.1, 0.15) is 22.5 Å². The van der Waals surface area contributed by atoms with Crippen LogP contribution in [-0.4, -0.2) is 52.9 Å². The van der Waals surface area contributed by atoms with Gasteiger partial charge in [-0.3, -0.25) is 4.79 Å². The Hall–Kier alpha value is -3.42. The van der Waals surface area contributed by atoms with Crippen LogP contribution < -0.4 is 9.80 Å². The van der Waals surface area contributed by atoms with E-state index in [0.29, 0.717) is 26.1 Å². The van der Waals surface area contributed by atoms with E-state index in [2.05, 4.69) is 57.5 Å². The summed E-state index contributed by atoms with van der Waals surface area (Å²) in [7, 11) is 0. The van der Waals surface area contributed by atoms with Gasteiger partial charge in [0.25, 0.3) is 0 Å². The first-order valence-electron chi connectivity index (χ1n) is 12.5. The lowest BCUT2D eigenvalue weighted by Gasteiger charge is -2.37. The summed E-state index contributed by atoms with van der Waals surface area (Å²) >= 11 is 7.75. The maximum atomic E-state index is 13.4. The maximum Gasteiger partial charge on any atom is 0.242 e. The normalized spacial score (nSPS) is 13.6. The second-order valence-electron chi connectivity index (χ2n) is 9.32. The molecule has 3 aromatic carbocycles. The predicted octanol–water partition coefficient (Wildman–Crippen LogP) is 5.45. The van der Waals surface area contributed by atoms with Gasteiger partial charge in [0.15, 0.2) is 0 Å². The Kier molecular flexibility index (Phi) is 8.02.